The molecular formula is CH2BrNO. The molecule has 0 aromatic rings. The van der Waals surface area contributed by atoms with E-state index in [4.69, 9.17) is 5.21 Å². The summed E-state index contributed by atoms with van der Waals surface area (Å²) in [4.78, 5) is 0. The molecule has 0 atom stereocenters. The minimum absolute atomic E-state index is 1.12. The van der Waals surface area contributed by atoms with Gasteiger partial charge in [0.15, 0.2) is 0 Å². The fourth-order valence-corrected chi connectivity index (χ4v) is 0. The van der Waals surface area contributed by atoms with Crippen LogP contribution in [0, 0.1) is 0 Å². The van der Waals surface area contributed by atoms with Crippen LogP contribution in [0.5, 0.6) is 0 Å². The summed E-state index contributed by atoms with van der Waals surface area (Å²) in [6.07, 6.45) is 0. The van der Waals surface area contributed by atoms with Crippen LogP contribution in [-0.4, -0.2) is 10.3 Å². The second kappa shape index (κ2) is 2.95. The highest BCUT2D eigenvalue weighted by Crippen LogP contribution is 1.60. The van der Waals surface area contributed by atoms with Crippen molar-refractivity contribution in [2.75, 3.05) is 0 Å². The van der Waals surface area contributed by atoms with E-state index in [1.807, 2.05) is 0 Å². The molecule has 4 heavy (non-hydrogen) atoms. The Morgan fingerprint density at radius 2 is 2.25 bits per heavy atom. The van der Waals surface area contributed by atoms with Gasteiger partial charge >= 0.3 is 0 Å². The molecule has 0 saturated heterocycles. The second-order valence-electron chi connectivity index (χ2n) is 0.213. The number of oxime groups is 1. The third-order valence-corrected chi connectivity index (χ3v) is 0.227. The first-order valence-corrected chi connectivity index (χ1v) is 1.59. The molecule has 0 unspecified atom stereocenters. The lowest BCUT2D eigenvalue weighted by atomic mass is 11.7. The fraction of sp³-hybridized carbons (Fsp3) is 0. The molecule has 0 rings (SSSR count). The van der Waals surface area contributed by atoms with E-state index < -0.39 is 0 Å². The van der Waals surface area contributed by atoms with Crippen LogP contribution in [0.1, 0.15) is 0 Å². The Balaban J connectivity index is 2.55. The van der Waals surface area contributed by atoms with E-state index in [0.717, 1.165) is 5.12 Å². The average molecular weight is 124 g/mol. The van der Waals surface area contributed by atoms with Crippen LogP contribution in [0.2, 0.25) is 0 Å². The molecular weight excluding hydrogens is 122 g/mol. The molecule has 0 aromatic heterocycles. The first kappa shape index (κ1) is 3.95. The molecule has 0 fully saturated rings. The van der Waals surface area contributed by atoms with Gasteiger partial charge in [0.1, 0.15) is 5.12 Å². The smallest absolute Gasteiger partial charge is 0.109 e. The van der Waals surface area contributed by atoms with Crippen molar-refractivity contribution in [1.82, 2.24) is 0 Å². The van der Waals surface area contributed by atoms with E-state index in [1.165, 1.54) is 0 Å². The Kier molecular flexibility index (Phi) is 2.91. The number of halogens is 1. The van der Waals surface area contributed by atoms with E-state index in [9.17, 15) is 0 Å². The number of rotatable bonds is 0. The highest BCUT2D eigenvalue weighted by atomic mass is 79.9. The van der Waals surface area contributed by atoms with Gasteiger partial charge in [0.25, 0.3) is 0 Å². The SMILES string of the molecule is ON=CBr. The lowest BCUT2D eigenvalue weighted by Crippen LogP contribution is -1.42. The van der Waals surface area contributed by atoms with Crippen LogP contribution in [0.15, 0.2) is 5.16 Å². The van der Waals surface area contributed by atoms with Crippen molar-refractivity contribution < 1.29 is 5.21 Å². The van der Waals surface area contributed by atoms with Crippen LogP contribution in [-0.2, 0) is 0 Å². The Hall–Kier alpha value is -0.0500. The zero-order valence-corrected chi connectivity index (χ0v) is 3.44. The minimum Gasteiger partial charge on any atom is -0.410 e. The summed E-state index contributed by atoms with van der Waals surface area (Å²) in [5.74, 6) is 0. The summed E-state index contributed by atoms with van der Waals surface area (Å²) in [5.41, 5.74) is 0. The van der Waals surface area contributed by atoms with Gasteiger partial charge in [-0.15, -0.1) is 0 Å². The Labute approximate surface area is 32.3 Å². The maximum atomic E-state index is 7.40. The van der Waals surface area contributed by atoms with Crippen LogP contribution >= 0.6 is 15.9 Å². The van der Waals surface area contributed by atoms with Gasteiger partial charge in [0.2, 0.25) is 0 Å². The van der Waals surface area contributed by atoms with E-state index in [-0.39, 0.29) is 0 Å². The summed E-state index contributed by atoms with van der Waals surface area (Å²) in [7, 11) is 0. The molecule has 0 amide bonds. The van der Waals surface area contributed by atoms with Gasteiger partial charge in [0.05, 0.1) is 0 Å². The van der Waals surface area contributed by atoms with Crippen LogP contribution < -0.4 is 0 Å². The summed E-state index contributed by atoms with van der Waals surface area (Å²) in [6, 6.07) is 0. The summed E-state index contributed by atoms with van der Waals surface area (Å²) >= 11 is 2.71. The van der Waals surface area contributed by atoms with Crippen molar-refractivity contribution in [3.8, 4) is 0 Å². The van der Waals surface area contributed by atoms with Crippen LogP contribution in [0.4, 0.5) is 0 Å². The Morgan fingerprint density at radius 3 is 2.25 bits per heavy atom. The molecule has 0 saturated carbocycles. The lowest BCUT2D eigenvalue weighted by Gasteiger charge is -1.52. The van der Waals surface area contributed by atoms with E-state index in [2.05, 4.69) is 21.1 Å². The average Bonchev–Trinajstić information content (AvgIpc) is 1.37. The second-order valence-corrected chi connectivity index (χ2v) is 0.623. The topological polar surface area (TPSA) is 32.6 Å². The van der Waals surface area contributed by atoms with Crippen molar-refractivity contribution in [3.05, 3.63) is 0 Å². The molecule has 0 aliphatic heterocycles. The summed E-state index contributed by atoms with van der Waals surface area (Å²) in [6.45, 7) is 0. The molecule has 0 aliphatic carbocycles. The third-order valence-electron chi connectivity index (χ3n) is 0.0436. The lowest BCUT2D eigenvalue weighted by molar-refractivity contribution is 0.323. The normalized spacial score (nSPS) is 9.25. The first-order valence-electron chi connectivity index (χ1n) is 0.676. The number of hydrogen-bond donors (Lipinski definition) is 1. The van der Waals surface area contributed by atoms with Gasteiger partial charge in [-0.05, 0) is 15.9 Å². The zero-order chi connectivity index (χ0) is 3.41. The molecule has 0 aliphatic rings. The largest absolute Gasteiger partial charge is 0.410 e. The standard InChI is InChI=1S/CH2BrNO/c2-1-3-4/h1,4H. The number of nitrogens with zero attached hydrogens (tertiary/aromatic N) is 1. The highest BCUT2D eigenvalue weighted by molar-refractivity contribution is 9.17. The predicted octanol–water partition coefficient (Wildman–Crippen LogP) is 0.799. The first-order chi connectivity index (χ1) is 1.91. The molecule has 3 heteroatoms. The minimum atomic E-state index is 1.12. The molecule has 1 N–H and O–H groups in total. The molecule has 0 heterocycles. The van der Waals surface area contributed by atoms with Crippen LogP contribution in [0.25, 0.3) is 0 Å². The van der Waals surface area contributed by atoms with Crippen LogP contribution in [0.3, 0.4) is 0 Å². The number of hydrogen-bond acceptors (Lipinski definition) is 2. The fourth-order valence-electron chi connectivity index (χ4n) is 0. The van der Waals surface area contributed by atoms with Crippen molar-refractivity contribution in [1.29, 1.82) is 0 Å². The van der Waals surface area contributed by atoms with E-state index >= 15 is 0 Å². The van der Waals surface area contributed by atoms with Crippen molar-refractivity contribution >= 4 is 21.1 Å². The van der Waals surface area contributed by atoms with Crippen molar-refractivity contribution in [2.45, 2.75) is 0 Å². The van der Waals surface area contributed by atoms with Gasteiger partial charge in [-0.1, -0.05) is 5.16 Å². The van der Waals surface area contributed by atoms with E-state index in [0.29, 0.717) is 0 Å². The molecule has 2 nitrogen and oxygen atoms in total. The molecule has 0 aromatic carbocycles. The monoisotopic (exact) mass is 123 g/mol. The predicted molar refractivity (Wildman–Crippen MR) is 19.2 cm³/mol. The van der Waals surface area contributed by atoms with Gasteiger partial charge in [-0.25, -0.2) is 0 Å². The molecule has 0 bridgehead atoms. The maximum absolute atomic E-state index is 7.40. The van der Waals surface area contributed by atoms with E-state index in [1.54, 1.807) is 0 Å². The summed E-state index contributed by atoms with van der Waals surface area (Å²) in [5, 5.41) is 11.0. The highest BCUT2D eigenvalue weighted by Gasteiger charge is 1.37. The quantitative estimate of drug-likeness (QED) is 0.289. The van der Waals surface area contributed by atoms with Gasteiger partial charge in [-0.3, -0.25) is 0 Å². The third kappa shape index (κ3) is 1.95. The van der Waals surface area contributed by atoms with Gasteiger partial charge in [0, 0.05) is 0 Å². The molecule has 0 radical (unpaired) electrons. The Morgan fingerprint density at radius 1 is 2.00 bits per heavy atom. The zero-order valence-electron chi connectivity index (χ0n) is 1.85. The van der Waals surface area contributed by atoms with Crippen molar-refractivity contribution in [2.24, 2.45) is 5.16 Å². The summed E-state index contributed by atoms with van der Waals surface area (Å²) < 4.78 is 0. The molecule has 0 spiro atoms. The maximum Gasteiger partial charge on any atom is 0.109 e. The van der Waals surface area contributed by atoms with Gasteiger partial charge in [-0.2, -0.15) is 0 Å². The van der Waals surface area contributed by atoms with Crippen molar-refractivity contribution in [3.63, 3.8) is 0 Å². The van der Waals surface area contributed by atoms with Gasteiger partial charge < -0.3 is 5.21 Å². The molecule has 24 valence electrons. The Bertz CT molecular complexity index is 23.2.